The van der Waals surface area contributed by atoms with Crippen LogP contribution in [0.5, 0.6) is 0 Å². The topological polar surface area (TPSA) is 49.3 Å². The van der Waals surface area contributed by atoms with Crippen molar-refractivity contribution in [3.63, 3.8) is 0 Å². The summed E-state index contributed by atoms with van der Waals surface area (Å²) in [6.07, 6.45) is 1.14. The standard InChI is InChI=1S/C13H18ClNO2/c1-9(16)5-4-8-15-13(17)11-6-3-7-12(14)10(11)2/h3,6-7,9,16H,4-5,8H2,1-2H3,(H,15,17). The molecule has 0 aliphatic carbocycles. The minimum Gasteiger partial charge on any atom is -0.393 e. The van der Waals surface area contributed by atoms with Crippen molar-refractivity contribution < 1.29 is 9.90 Å². The average Bonchev–Trinajstić information content (AvgIpc) is 2.27. The third kappa shape index (κ3) is 4.36. The summed E-state index contributed by atoms with van der Waals surface area (Å²) < 4.78 is 0. The number of halogens is 1. The SMILES string of the molecule is Cc1c(Cl)cccc1C(=O)NCCCC(C)O. The molecule has 1 amide bonds. The quantitative estimate of drug-likeness (QED) is 0.795. The molecule has 0 saturated carbocycles. The summed E-state index contributed by atoms with van der Waals surface area (Å²) in [6.45, 7) is 4.13. The molecule has 0 radical (unpaired) electrons. The molecular formula is C13H18ClNO2. The molecule has 0 spiro atoms. The van der Waals surface area contributed by atoms with Crippen LogP contribution in [0.3, 0.4) is 0 Å². The van der Waals surface area contributed by atoms with E-state index in [1.165, 1.54) is 0 Å². The van der Waals surface area contributed by atoms with Crippen LogP contribution in [0.4, 0.5) is 0 Å². The summed E-state index contributed by atoms with van der Waals surface area (Å²) in [5.74, 6) is -0.115. The monoisotopic (exact) mass is 255 g/mol. The van der Waals surface area contributed by atoms with E-state index in [1.54, 1.807) is 25.1 Å². The highest BCUT2D eigenvalue weighted by molar-refractivity contribution is 6.31. The molecular weight excluding hydrogens is 238 g/mol. The van der Waals surface area contributed by atoms with Gasteiger partial charge in [-0.3, -0.25) is 4.79 Å². The number of aliphatic hydroxyl groups excluding tert-OH is 1. The maximum atomic E-state index is 11.8. The molecule has 3 nitrogen and oxygen atoms in total. The molecule has 1 unspecified atom stereocenters. The fourth-order valence-corrected chi connectivity index (χ4v) is 1.72. The Labute approximate surface area is 107 Å². The number of nitrogens with one attached hydrogen (secondary N) is 1. The Balaban J connectivity index is 2.50. The van der Waals surface area contributed by atoms with Crippen molar-refractivity contribution >= 4 is 17.5 Å². The number of hydrogen-bond acceptors (Lipinski definition) is 2. The van der Waals surface area contributed by atoms with E-state index in [2.05, 4.69) is 5.32 Å². The third-order valence-electron chi connectivity index (χ3n) is 2.60. The van der Waals surface area contributed by atoms with E-state index in [9.17, 15) is 4.79 Å². The normalized spacial score (nSPS) is 12.2. The fraction of sp³-hybridized carbons (Fsp3) is 0.462. The molecule has 0 aliphatic heterocycles. The molecule has 1 aromatic carbocycles. The van der Waals surface area contributed by atoms with Crippen molar-refractivity contribution in [1.29, 1.82) is 0 Å². The first-order valence-corrected chi connectivity index (χ1v) is 6.11. The van der Waals surface area contributed by atoms with Gasteiger partial charge < -0.3 is 10.4 Å². The van der Waals surface area contributed by atoms with Gasteiger partial charge in [0.1, 0.15) is 0 Å². The highest BCUT2D eigenvalue weighted by Crippen LogP contribution is 2.18. The molecule has 0 aromatic heterocycles. The van der Waals surface area contributed by atoms with Crippen molar-refractivity contribution in [3.05, 3.63) is 34.3 Å². The Morgan fingerprint density at radius 1 is 1.53 bits per heavy atom. The lowest BCUT2D eigenvalue weighted by molar-refractivity contribution is 0.0949. The number of carbonyl (C=O) groups is 1. The molecule has 1 rings (SSSR count). The van der Waals surface area contributed by atoms with Crippen LogP contribution in [0.1, 0.15) is 35.7 Å². The van der Waals surface area contributed by atoms with Crippen molar-refractivity contribution in [3.8, 4) is 0 Å². The first kappa shape index (κ1) is 14.0. The molecule has 1 aromatic rings. The number of aliphatic hydroxyl groups is 1. The average molecular weight is 256 g/mol. The van der Waals surface area contributed by atoms with Gasteiger partial charge >= 0.3 is 0 Å². The van der Waals surface area contributed by atoms with E-state index < -0.39 is 0 Å². The van der Waals surface area contributed by atoms with Gasteiger partial charge in [0.05, 0.1) is 6.10 Å². The number of amides is 1. The summed E-state index contributed by atoms with van der Waals surface area (Å²) in [5, 5.41) is 12.5. The maximum absolute atomic E-state index is 11.8. The van der Waals surface area contributed by atoms with Gasteiger partial charge in [0.15, 0.2) is 0 Å². The number of benzene rings is 1. The van der Waals surface area contributed by atoms with Crippen LogP contribution >= 0.6 is 11.6 Å². The van der Waals surface area contributed by atoms with Gasteiger partial charge in [-0.1, -0.05) is 17.7 Å². The number of rotatable bonds is 5. The molecule has 2 N–H and O–H groups in total. The highest BCUT2D eigenvalue weighted by atomic mass is 35.5. The molecule has 1 atom stereocenters. The van der Waals surface area contributed by atoms with Crippen molar-refractivity contribution in [2.75, 3.05) is 6.54 Å². The minimum absolute atomic E-state index is 0.115. The zero-order chi connectivity index (χ0) is 12.8. The molecule has 17 heavy (non-hydrogen) atoms. The molecule has 0 fully saturated rings. The van der Waals surface area contributed by atoms with Gasteiger partial charge in [0.2, 0.25) is 0 Å². The van der Waals surface area contributed by atoms with E-state index >= 15 is 0 Å². The first-order valence-electron chi connectivity index (χ1n) is 5.73. The second kappa shape index (κ2) is 6.62. The lowest BCUT2D eigenvalue weighted by Crippen LogP contribution is -2.25. The molecule has 94 valence electrons. The molecule has 0 heterocycles. The predicted octanol–water partition coefficient (Wildman–Crippen LogP) is 2.54. The number of carbonyl (C=O) groups excluding carboxylic acids is 1. The van der Waals surface area contributed by atoms with Gasteiger partial charge in [-0.2, -0.15) is 0 Å². The van der Waals surface area contributed by atoms with Gasteiger partial charge in [-0.05, 0) is 44.4 Å². The molecule has 0 saturated heterocycles. The summed E-state index contributed by atoms with van der Waals surface area (Å²) in [4.78, 5) is 11.8. The van der Waals surface area contributed by atoms with Crippen molar-refractivity contribution in [2.24, 2.45) is 0 Å². The van der Waals surface area contributed by atoms with E-state index in [4.69, 9.17) is 16.7 Å². The van der Waals surface area contributed by atoms with Crippen molar-refractivity contribution in [1.82, 2.24) is 5.32 Å². The Morgan fingerprint density at radius 3 is 2.88 bits per heavy atom. The minimum atomic E-state index is -0.320. The first-order chi connectivity index (χ1) is 8.02. The Kier molecular flexibility index (Phi) is 5.45. The van der Waals surface area contributed by atoms with Crippen LogP contribution in [0.15, 0.2) is 18.2 Å². The smallest absolute Gasteiger partial charge is 0.251 e. The van der Waals surface area contributed by atoms with E-state index in [0.29, 0.717) is 23.6 Å². The van der Waals surface area contributed by atoms with E-state index in [0.717, 1.165) is 12.0 Å². The largest absolute Gasteiger partial charge is 0.393 e. The molecule has 0 bridgehead atoms. The van der Waals surface area contributed by atoms with Crippen LogP contribution < -0.4 is 5.32 Å². The van der Waals surface area contributed by atoms with E-state index in [1.807, 2.05) is 6.92 Å². The number of hydrogen-bond donors (Lipinski definition) is 2. The van der Waals surface area contributed by atoms with Gasteiger partial charge in [-0.15, -0.1) is 0 Å². The van der Waals surface area contributed by atoms with Gasteiger partial charge in [0.25, 0.3) is 5.91 Å². The molecule has 0 aliphatic rings. The van der Waals surface area contributed by atoms with Gasteiger partial charge in [-0.25, -0.2) is 0 Å². The fourth-order valence-electron chi connectivity index (χ4n) is 1.55. The van der Waals surface area contributed by atoms with Crippen LogP contribution in [0, 0.1) is 6.92 Å². The van der Waals surface area contributed by atoms with Crippen LogP contribution in [0.2, 0.25) is 5.02 Å². The second-order valence-corrected chi connectivity index (χ2v) is 4.57. The van der Waals surface area contributed by atoms with Crippen molar-refractivity contribution in [2.45, 2.75) is 32.8 Å². The Bertz CT molecular complexity index is 391. The lowest BCUT2D eigenvalue weighted by atomic mass is 10.1. The summed E-state index contributed by atoms with van der Waals surface area (Å²) in [7, 11) is 0. The third-order valence-corrected chi connectivity index (χ3v) is 3.01. The van der Waals surface area contributed by atoms with Crippen LogP contribution in [-0.2, 0) is 0 Å². The lowest BCUT2D eigenvalue weighted by Gasteiger charge is -2.09. The van der Waals surface area contributed by atoms with Crippen LogP contribution in [0.25, 0.3) is 0 Å². The Hall–Kier alpha value is -1.06. The molecule has 4 heteroatoms. The van der Waals surface area contributed by atoms with Crippen LogP contribution in [-0.4, -0.2) is 23.7 Å². The zero-order valence-corrected chi connectivity index (χ0v) is 10.9. The summed E-state index contributed by atoms with van der Waals surface area (Å²) in [5.41, 5.74) is 1.40. The summed E-state index contributed by atoms with van der Waals surface area (Å²) in [6, 6.07) is 5.28. The Morgan fingerprint density at radius 2 is 2.24 bits per heavy atom. The van der Waals surface area contributed by atoms with E-state index in [-0.39, 0.29) is 12.0 Å². The second-order valence-electron chi connectivity index (χ2n) is 4.16. The maximum Gasteiger partial charge on any atom is 0.251 e. The summed E-state index contributed by atoms with van der Waals surface area (Å²) >= 11 is 5.95. The van der Waals surface area contributed by atoms with Gasteiger partial charge in [0, 0.05) is 17.1 Å². The highest BCUT2D eigenvalue weighted by Gasteiger charge is 2.09. The zero-order valence-electron chi connectivity index (χ0n) is 10.2. The predicted molar refractivity (Wildman–Crippen MR) is 69.4 cm³/mol.